The van der Waals surface area contributed by atoms with Crippen LogP contribution in [0.4, 0.5) is 4.39 Å². The second-order valence-electron chi connectivity index (χ2n) is 6.52. The van der Waals surface area contributed by atoms with E-state index in [1.165, 1.54) is 12.3 Å². The van der Waals surface area contributed by atoms with E-state index in [2.05, 4.69) is 20.6 Å². The highest BCUT2D eigenvalue weighted by Gasteiger charge is 2.11. The molecule has 0 bridgehead atoms. The normalized spacial score (nSPS) is 13.4. The first-order chi connectivity index (χ1) is 12.7. The molecule has 0 radical (unpaired) electrons. The lowest BCUT2D eigenvalue weighted by Crippen LogP contribution is -2.42. The Morgan fingerprint density at radius 3 is 2.70 bits per heavy atom. The van der Waals surface area contributed by atoms with Crippen molar-refractivity contribution in [3.63, 3.8) is 0 Å². The fraction of sp³-hybridized carbons (Fsp3) is 0.444. The van der Waals surface area contributed by atoms with Crippen molar-refractivity contribution in [3.8, 4) is 5.69 Å². The van der Waals surface area contributed by atoms with Crippen molar-refractivity contribution in [2.75, 3.05) is 19.1 Å². The molecule has 2 rings (SSSR count). The summed E-state index contributed by atoms with van der Waals surface area (Å²) < 4.78 is 38.6. The number of guanidine groups is 1. The third-order valence-electron chi connectivity index (χ3n) is 4.09. The lowest BCUT2D eigenvalue weighted by molar-refractivity contribution is 0.581. The average molecular weight is 396 g/mol. The van der Waals surface area contributed by atoms with Crippen LogP contribution in [0.15, 0.2) is 35.6 Å². The summed E-state index contributed by atoms with van der Waals surface area (Å²) in [5.41, 5.74) is 1.21. The first-order valence-corrected chi connectivity index (χ1v) is 10.7. The number of aromatic nitrogens is 2. The average Bonchev–Trinajstić information content (AvgIpc) is 3.02. The second-order valence-corrected chi connectivity index (χ2v) is 8.78. The largest absolute Gasteiger partial charge is 0.354 e. The van der Waals surface area contributed by atoms with Gasteiger partial charge in [-0.25, -0.2) is 17.8 Å². The number of benzene rings is 1. The van der Waals surface area contributed by atoms with E-state index in [9.17, 15) is 12.8 Å². The van der Waals surface area contributed by atoms with E-state index in [4.69, 9.17) is 0 Å². The van der Waals surface area contributed by atoms with Gasteiger partial charge in [0.05, 0.1) is 11.4 Å². The summed E-state index contributed by atoms with van der Waals surface area (Å²) in [5.74, 6) is 1.02. The van der Waals surface area contributed by atoms with E-state index in [-0.39, 0.29) is 17.6 Å². The molecule has 0 aliphatic rings. The number of hydrogen-bond acceptors (Lipinski definition) is 4. The predicted molar refractivity (Wildman–Crippen MR) is 105 cm³/mol. The SMILES string of the molecule is CN=C(NCc1ccc(-n2ccnc2C)c(F)c1)NC(C)CCS(C)(=O)=O. The molecule has 1 aromatic heterocycles. The Labute approximate surface area is 159 Å². The van der Waals surface area contributed by atoms with Crippen molar-refractivity contribution >= 4 is 15.8 Å². The van der Waals surface area contributed by atoms with Gasteiger partial charge in [-0.05, 0) is 38.0 Å². The van der Waals surface area contributed by atoms with E-state index in [1.807, 2.05) is 19.9 Å². The summed E-state index contributed by atoms with van der Waals surface area (Å²) >= 11 is 0. The Morgan fingerprint density at radius 1 is 1.41 bits per heavy atom. The molecule has 1 heterocycles. The molecule has 9 heteroatoms. The van der Waals surface area contributed by atoms with Crippen molar-refractivity contribution in [2.24, 2.45) is 4.99 Å². The molecule has 0 aliphatic heterocycles. The van der Waals surface area contributed by atoms with Gasteiger partial charge in [-0.15, -0.1) is 0 Å². The van der Waals surface area contributed by atoms with E-state index >= 15 is 0 Å². The van der Waals surface area contributed by atoms with Gasteiger partial charge in [-0.2, -0.15) is 0 Å². The summed E-state index contributed by atoms with van der Waals surface area (Å²) in [4.78, 5) is 8.23. The minimum Gasteiger partial charge on any atom is -0.354 e. The molecule has 0 amide bonds. The number of hydrogen-bond donors (Lipinski definition) is 2. The van der Waals surface area contributed by atoms with Crippen LogP contribution < -0.4 is 10.6 Å². The van der Waals surface area contributed by atoms with E-state index in [0.717, 1.165) is 5.56 Å². The van der Waals surface area contributed by atoms with Crippen molar-refractivity contribution in [3.05, 3.63) is 47.8 Å². The summed E-state index contributed by atoms with van der Waals surface area (Å²) in [6, 6.07) is 4.97. The zero-order chi connectivity index (χ0) is 20.0. The van der Waals surface area contributed by atoms with E-state index < -0.39 is 9.84 Å². The van der Waals surface area contributed by atoms with E-state index in [1.54, 1.807) is 30.1 Å². The van der Waals surface area contributed by atoms with Gasteiger partial charge in [0.15, 0.2) is 5.96 Å². The highest BCUT2D eigenvalue weighted by molar-refractivity contribution is 7.90. The quantitative estimate of drug-likeness (QED) is 0.551. The van der Waals surface area contributed by atoms with Crippen molar-refractivity contribution < 1.29 is 12.8 Å². The van der Waals surface area contributed by atoms with Crippen LogP contribution in [0, 0.1) is 12.7 Å². The third kappa shape index (κ3) is 6.35. The molecular formula is C18H26FN5O2S. The lowest BCUT2D eigenvalue weighted by atomic mass is 10.2. The van der Waals surface area contributed by atoms with Crippen LogP contribution in [0.5, 0.6) is 0 Å². The standard InChI is InChI=1S/C18H26FN5O2S/c1-13(7-10-27(4,25)26)23-18(20-3)22-12-15-5-6-17(16(19)11-15)24-9-8-21-14(24)2/h5-6,8-9,11,13H,7,10,12H2,1-4H3,(H2,20,22,23). The summed E-state index contributed by atoms with van der Waals surface area (Å²) in [6.45, 7) is 4.09. The Kier molecular flexibility index (Phi) is 6.95. The fourth-order valence-electron chi connectivity index (χ4n) is 2.57. The molecule has 7 nitrogen and oxygen atoms in total. The Hall–Kier alpha value is -2.42. The number of aliphatic imine (C=N–C) groups is 1. The smallest absolute Gasteiger partial charge is 0.191 e. The molecule has 0 saturated heterocycles. The fourth-order valence-corrected chi connectivity index (χ4v) is 3.35. The number of aryl methyl sites for hydroxylation is 1. The van der Waals surface area contributed by atoms with Crippen molar-refractivity contribution in [1.82, 2.24) is 20.2 Å². The van der Waals surface area contributed by atoms with E-state index in [0.29, 0.717) is 30.4 Å². The monoisotopic (exact) mass is 395 g/mol. The van der Waals surface area contributed by atoms with Crippen LogP contribution in [-0.4, -0.2) is 49.0 Å². The Morgan fingerprint density at radius 2 is 2.15 bits per heavy atom. The maximum atomic E-state index is 14.4. The maximum absolute atomic E-state index is 14.4. The van der Waals surface area contributed by atoms with Crippen LogP contribution >= 0.6 is 0 Å². The molecule has 2 N–H and O–H groups in total. The van der Waals surface area contributed by atoms with Crippen LogP contribution in [0.2, 0.25) is 0 Å². The molecule has 0 saturated carbocycles. The number of halogens is 1. The first-order valence-electron chi connectivity index (χ1n) is 8.63. The first kappa shape index (κ1) is 20.9. The number of imidazole rings is 1. The molecule has 27 heavy (non-hydrogen) atoms. The minimum absolute atomic E-state index is 0.0609. The molecule has 1 unspecified atom stereocenters. The third-order valence-corrected chi connectivity index (χ3v) is 5.06. The molecule has 0 fully saturated rings. The summed E-state index contributed by atoms with van der Waals surface area (Å²) in [7, 11) is -1.37. The van der Waals surface area contributed by atoms with Crippen LogP contribution in [0.25, 0.3) is 5.69 Å². The second kappa shape index (κ2) is 8.98. The molecular weight excluding hydrogens is 369 g/mol. The molecule has 2 aromatic rings. The van der Waals surface area contributed by atoms with Gasteiger partial charge in [0.2, 0.25) is 0 Å². The molecule has 0 spiro atoms. The molecule has 1 atom stereocenters. The van der Waals surface area contributed by atoms with Gasteiger partial charge in [0.25, 0.3) is 0 Å². The summed E-state index contributed by atoms with van der Waals surface area (Å²) in [6.07, 6.45) is 5.05. The zero-order valence-corrected chi connectivity index (χ0v) is 16.8. The predicted octanol–water partition coefficient (Wildman–Crippen LogP) is 1.81. The minimum atomic E-state index is -3.00. The molecule has 0 aliphatic carbocycles. The van der Waals surface area contributed by atoms with Crippen LogP contribution in [-0.2, 0) is 16.4 Å². The van der Waals surface area contributed by atoms with Crippen LogP contribution in [0.3, 0.4) is 0 Å². The van der Waals surface area contributed by atoms with Gasteiger partial charge >= 0.3 is 0 Å². The Bertz CT molecular complexity index is 908. The summed E-state index contributed by atoms with van der Waals surface area (Å²) in [5, 5.41) is 6.24. The number of rotatable bonds is 7. The molecule has 148 valence electrons. The Balaban J connectivity index is 1.95. The highest BCUT2D eigenvalue weighted by Crippen LogP contribution is 2.16. The van der Waals surface area contributed by atoms with Crippen LogP contribution in [0.1, 0.15) is 24.7 Å². The van der Waals surface area contributed by atoms with Gasteiger partial charge < -0.3 is 15.2 Å². The van der Waals surface area contributed by atoms with Crippen molar-refractivity contribution in [2.45, 2.75) is 32.9 Å². The van der Waals surface area contributed by atoms with Gasteiger partial charge in [-0.1, -0.05) is 6.07 Å². The maximum Gasteiger partial charge on any atom is 0.191 e. The van der Waals surface area contributed by atoms with Gasteiger partial charge in [0.1, 0.15) is 21.5 Å². The number of nitrogens with zero attached hydrogens (tertiary/aromatic N) is 3. The lowest BCUT2D eigenvalue weighted by Gasteiger charge is -2.18. The highest BCUT2D eigenvalue weighted by atomic mass is 32.2. The number of nitrogens with one attached hydrogen (secondary N) is 2. The molecule has 1 aromatic carbocycles. The number of sulfone groups is 1. The topological polar surface area (TPSA) is 88.4 Å². The van der Waals surface area contributed by atoms with Gasteiger partial charge in [-0.3, -0.25) is 4.99 Å². The van der Waals surface area contributed by atoms with Crippen molar-refractivity contribution in [1.29, 1.82) is 0 Å². The van der Waals surface area contributed by atoms with Gasteiger partial charge in [0, 0.05) is 38.3 Å². The zero-order valence-electron chi connectivity index (χ0n) is 16.0.